The molecule has 0 aliphatic heterocycles. The summed E-state index contributed by atoms with van der Waals surface area (Å²) in [5.74, 6) is 0.831. The zero-order valence-corrected chi connectivity index (χ0v) is 23.1. The molecule has 0 radical (unpaired) electrons. The average Bonchev–Trinajstić information content (AvgIpc) is 3.22. The van der Waals surface area contributed by atoms with Crippen molar-refractivity contribution in [3.05, 3.63) is 69.8 Å². The number of hydrogen-bond donors (Lipinski definition) is 2. The molecule has 4 rings (SSSR count). The van der Waals surface area contributed by atoms with Crippen LogP contribution >= 0.6 is 23.2 Å². The second-order valence-corrected chi connectivity index (χ2v) is 10.6. The fraction of sp³-hybridized carbons (Fsp3) is 0.448. The van der Waals surface area contributed by atoms with E-state index in [1.807, 2.05) is 32.0 Å². The van der Waals surface area contributed by atoms with Crippen LogP contribution in [0, 0.1) is 0 Å². The van der Waals surface area contributed by atoms with Crippen LogP contribution in [0.1, 0.15) is 81.3 Å². The van der Waals surface area contributed by atoms with Crippen LogP contribution in [0.4, 0.5) is 0 Å². The number of benzene rings is 2. The van der Waals surface area contributed by atoms with Crippen LogP contribution < -0.4 is 15.4 Å². The first-order chi connectivity index (χ1) is 18.0. The van der Waals surface area contributed by atoms with Crippen molar-refractivity contribution in [2.45, 2.75) is 83.8 Å². The fourth-order valence-corrected chi connectivity index (χ4v) is 4.93. The molecule has 2 aromatic carbocycles. The first kappa shape index (κ1) is 27.5. The smallest absolute Gasteiger partial charge is 0.272 e. The third-order valence-corrected chi connectivity index (χ3v) is 7.49. The van der Waals surface area contributed by atoms with E-state index in [4.69, 9.17) is 33.0 Å². The van der Waals surface area contributed by atoms with Crippen molar-refractivity contribution in [2.24, 2.45) is 0 Å². The number of rotatable bonds is 9. The molecule has 6 nitrogen and oxygen atoms in total. The van der Waals surface area contributed by atoms with Crippen LogP contribution in [0.5, 0.6) is 11.6 Å². The largest absolute Gasteiger partial charge is 0.439 e. The lowest BCUT2D eigenvalue weighted by molar-refractivity contribution is 0.0932. The summed E-state index contributed by atoms with van der Waals surface area (Å²) in [5.41, 5.74) is 1.68. The van der Waals surface area contributed by atoms with E-state index < -0.39 is 0 Å². The Balaban J connectivity index is 1.77. The minimum atomic E-state index is -0.226. The van der Waals surface area contributed by atoms with Crippen LogP contribution in [0.25, 0.3) is 5.69 Å². The van der Waals surface area contributed by atoms with E-state index in [0.29, 0.717) is 51.2 Å². The van der Waals surface area contributed by atoms with E-state index in [1.165, 1.54) is 32.1 Å². The van der Waals surface area contributed by atoms with Crippen molar-refractivity contribution < 1.29 is 9.53 Å². The Bertz CT molecular complexity index is 1170. The molecular formula is C29H36Cl2N4O2. The van der Waals surface area contributed by atoms with Gasteiger partial charge in [-0.2, -0.15) is 9.78 Å². The number of amides is 1. The minimum absolute atomic E-state index is 0.0185. The van der Waals surface area contributed by atoms with Crippen LogP contribution in [0.3, 0.4) is 0 Å². The fourth-order valence-electron chi connectivity index (χ4n) is 4.58. The van der Waals surface area contributed by atoms with Gasteiger partial charge in [0.15, 0.2) is 5.69 Å². The summed E-state index contributed by atoms with van der Waals surface area (Å²) in [6, 6.07) is 15.0. The molecule has 0 saturated heterocycles. The third-order valence-electron chi connectivity index (χ3n) is 6.92. The standard InChI is InChI=1S/C29H36Cl2N4O2/c1-3-20(2)33-28(36)27-24(19-32-22-11-7-5-4-6-8-12-22)29(37-23-17-15-21(30)16-18-23)35(34-27)26-14-10-9-13-25(26)31/h9-10,13-18,20,22,32H,3-8,11-12,19H2,1-2H3,(H,33,36). The highest BCUT2D eigenvalue weighted by molar-refractivity contribution is 6.32. The van der Waals surface area contributed by atoms with Crippen molar-refractivity contribution in [2.75, 3.05) is 0 Å². The van der Waals surface area contributed by atoms with Gasteiger partial charge in [0, 0.05) is 23.7 Å². The third kappa shape index (κ3) is 7.28. The highest BCUT2D eigenvalue weighted by atomic mass is 35.5. The van der Waals surface area contributed by atoms with Gasteiger partial charge in [-0.1, -0.05) is 74.4 Å². The predicted octanol–water partition coefficient (Wildman–Crippen LogP) is 7.70. The molecule has 1 unspecified atom stereocenters. The summed E-state index contributed by atoms with van der Waals surface area (Å²) < 4.78 is 8.05. The van der Waals surface area contributed by atoms with E-state index in [0.717, 1.165) is 19.3 Å². The Morgan fingerprint density at radius 2 is 1.73 bits per heavy atom. The molecule has 1 atom stereocenters. The summed E-state index contributed by atoms with van der Waals surface area (Å²) in [6.07, 6.45) is 9.36. The average molecular weight is 544 g/mol. The van der Waals surface area contributed by atoms with Crippen LogP contribution in [0.2, 0.25) is 10.0 Å². The molecular weight excluding hydrogens is 507 g/mol. The molecule has 1 aromatic heterocycles. The van der Waals surface area contributed by atoms with Gasteiger partial charge in [0.2, 0.25) is 5.88 Å². The van der Waals surface area contributed by atoms with E-state index in [1.54, 1.807) is 35.0 Å². The van der Waals surface area contributed by atoms with Crippen LogP contribution in [0.15, 0.2) is 48.5 Å². The van der Waals surface area contributed by atoms with Gasteiger partial charge in [0.1, 0.15) is 5.75 Å². The summed E-state index contributed by atoms with van der Waals surface area (Å²) >= 11 is 12.7. The van der Waals surface area contributed by atoms with Crippen molar-refractivity contribution >= 4 is 29.1 Å². The molecule has 8 heteroatoms. The molecule has 37 heavy (non-hydrogen) atoms. The molecule has 1 saturated carbocycles. The number of hydrogen-bond acceptors (Lipinski definition) is 4. The Kier molecular flexibility index (Phi) is 9.89. The summed E-state index contributed by atoms with van der Waals surface area (Å²) in [4.78, 5) is 13.4. The number of nitrogens with one attached hydrogen (secondary N) is 2. The maximum Gasteiger partial charge on any atom is 0.272 e. The van der Waals surface area contributed by atoms with E-state index >= 15 is 0 Å². The molecule has 2 N–H and O–H groups in total. The van der Waals surface area contributed by atoms with Gasteiger partial charge in [-0.05, 0) is 62.6 Å². The zero-order valence-electron chi connectivity index (χ0n) is 21.6. The molecule has 0 spiro atoms. The van der Waals surface area contributed by atoms with E-state index in [-0.39, 0.29) is 11.9 Å². The number of carbonyl (C=O) groups excluding carboxylic acids is 1. The first-order valence-electron chi connectivity index (χ1n) is 13.3. The Labute approximate surface area is 229 Å². The second-order valence-electron chi connectivity index (χ2n) is 9.76. The first-order valence-corrected chi connectivity index (χ1v) is 14.1. The topological polar surface area (TPSA) is 68.2 Å². The Hall–Kier alpha value is -2.54. The molecule has 1 aliphatic carbocycles. The quantitative estimate of drug-likeness (QED) is 0.290. The van der Waals surface area contributed by atoms with Gasteiger partial charge < -0.3 is 15.4 Å². The lowest BCUT2D eigenvalue weighted by atomic mass is 9.96. The number of para-hydroxylation sites is 1. The molecule has 1 aliphatic rings. The molecule has 0 bridgehead atoms. The van der Waals surface area contributed by atoms with Crippen molar-refractivity contribution in [1.82, 2.24) is 20.4 Å². The maximum atomic E-state index is 13.4. The highest BCUT2D eigenvalue weighted by Gasteiger charge is 2.27. The Morgan fingerprint density at radius 1 is 1.05 bits per heavy atom. The van der Waals surface area contributed by atoms with E-state index in [2.05, 4.69) is 10.6 Å². The predicted molar refractivity (Wildman–Crippen MR) is 150 cm³/mol. The molecule has 1 heterocycles. The summed E-state index contributed by atoms with van der Waals surface area (Å²) in [6.45, 7) is 4.49. The minimum Gasteiger partial charge on any atom is -0.439 e. The maximum absolute atomic E-state index is 13.4. The second kappa shape index (κ2) is 13.3. The number of nitrogens with zero attached hydrogens (tertiary/aromatic N) is 2. The molecule has 1 amide bonds. The normalized spacial score (nSPS) is 15.6. The van der Waals surface area contributed by atoms with Crippen LogP contribution in [-0.2, 0) is 6.54 Å². The number of carbonyl (C=O) groups is 1. The lowest BCUT2D eigenvalue weighted by Gasteiger charge is -2.21. The van der Waals surface area contributed by atoms with Gasteiger partial charge in [0.25, 0.3) is 5.91 Å². The van der Waals surface area contributed by atoms with Crippen molar-refractivity contribution in [3.63, 3.8) is 0 Å². The van der Waals surface area contributed by atoms with Crippen molar-refractivity contribution in [3.8, 4) is 17.3 Å². The van der Waals surface area contributed by atoms with Gasteiger partial charge in [-0.3, -0.25) is 4.79 Å². The van der Waals surface area contributed by atoms with Gasteiger partial charge in [-0.25, -0.2) is 0 Å². The monoisotopic (exact) mass is 542 g/mol. The summed E-state index contributed by atoms with van der Waals surface area (Å²) in [7, 11) is 0. The van der Waals surface area contributed by atoms with E-state index in [9.17, 15) is 4.79 Å². The zero-order chi connectivity index (χ0) is 26.2. The number of halogens is 2. The van der Waals surface area contributed by atoms with Gasteiger partial charge in [0.05, 0.1) is 16.3 Å². The highest BCUT2D eigenvalue weighted by Crippen LogP contribution is 2.34. The Morgan fingerprint density at radius 3 is 2.41 bits per heavy atom. The van der Waals surface area contributed by atoms with Gasteiger partial charge in [-0.15, -0.1) is 0 Å². The van der Waals surface area contributed by atoms with Crippen molar-refractivity contribution in [1.29, 1.82) is 0 Å². The number of ether oxygens (including phenoxy) is 1. The molecule has 198 valence electrons. The SMILES string of the molecule is CCC(C)NC(=O)c1nn(-c2ccccc2Cl)c(Oc2ccc(Cl)cc2)c1CNC1CCCCCCC1. The summed E-state index contributed by atoms with van der Waals surface area (Å²) in [5, 5.41) is 12.7. The lowest BCUT2D eigenvalue weighted by Crippen LogP contribution is -2.34. The molecule has 3 aromatic rings. The van der Waals surface area contributed by atoms with Gasteiger partial charge >= 0.3 is 0 Å². The van der Waals surface area contributed by atoms with Crippen LogP contribution in [-0.4, -0.2) is 27.8 Å². The number of aromatic nitrogens is 2. The molecule has 1 fully saturated rings.